The number of ether oxygens (including phenoxy) is 2. The van der Waals surface area contributed by atoms with Crippen molar-refractivity contribution in [2.24, 2.45) is 11.8 Å². The highest BCUT2D eigenvalue weighted by molar-refractivity contribution is 5.89. The highest BCUT2D eigenvalue weighted by atomic mass is 16.6. The second-order valence-electron chi connectivity index (χ2n) is 8.14. The molecule has 3 rings (SSSR count). The summed E-state index contributed by atoms with van der Waals surface area (Å²) in [5, 5.41) is 10.9. The van der Waals surface area contributed by atoms with E-state index in [1.54, 1.807) is 0 Å². The summed E-state index contributed by atoms with van der Waals surface area (Å²) in [4.78, 5) is 12.2. The van der Waals surface area contributed by atoms with E-state index in [4.69, 9.17) is 9.47 Å². The minimum absolute atomic E-state index is 0.0320. The van der Waals surface area contributed by atoms with Gasteiger partial charge < -0.3 is 14.6 Å². The van der Waals surface area contributed by atoms with E-state index in [0.29, 0.717) is 18.4 Å². The maximum atomic E-state index is 12.2. The van der Waals surface area contributed by atoms with E-state index >= 15 is 0 Å². The molecule has 2 bridgehead atoms. The largest absolute Gasteiger partial charge is 0.456 e. The SMILES string of the molecule is C=C1C(=O)O[C@@H]2[C@@H]3O[C@@H](C[C@@H]13)[C@](C)(O)CC/C=C(\C)CCC[C@H]2C. The van der Waals surface area contributed by atoms with Crippen LogP contribution in [0.3, 0.4) is 0 Å². The molecule has 0 saturated carbocycles. The molecule has 0 radical (unpaired) electrons. The monoisotopic (exact) mass is 334 g/mol. The first kappa shape index (κ1) is 17.7. The molecule has 0 aromatic heterocycles. The van der Waals surface area contributed by atoms with Crippen LogP contribution in [-0.2, 0) is 14.3 Å². The fourth-order valence-corrected chi connectivity index (χ4v) is 4.35. The van der Waals surface area contributed by atoms with Gasteiger partial charge in [0.05, 0.1) is 11.7 Å². The van der Waals surface area contributed by atoms with Gasteiger partial charge in [-0.25, -0.2) is 4.79 Å². The molecule has 1 N–H and O–H groups in total. The summed E-state index contributed by atoms with van der Waals surface area (Å²) in [6.45, 7) is 10.1. The van der Waals surface area contributed by atoms with Crippen LogP contribution in [-0.4, -0.2) is 35.0 Å². The average molecular weight is 334 g/mol. The molecule has 3 aliphatic rings. The van der Waals surface area contributed by atoms with E-state index in [-0.39, 0.29) is 36.1 Å². The van der Waals surface area contributed by atoms with E-state index in [1.807, 2.05) is 6.92 Å². The number of carbonyl (C=O) groups excluding carboxylic acids is 1. The third kappa shape index (κ3) is 3.31. The minimum atomic E-state index is -0.903. The smallest absolute Gasteiger partial charge is 0.334 e. The molecule has 4 heteroatoms. The van der Waals surface area contributed by atoms with Crippen molar-refractivity contribution >= 4 is 5.97 Å². The first-order chi connectivity index (χ1) is 11.3. The van der Waals surface area contributed by atoms with Gasteiger partial charge in [0.1, 0.15) is 12.2 Å². The Labute approximate surface area is 144 Å². The van der Waals surface area contributed by atoms with Crippen LogP contribution in [0.15, 0.2) is 23.8 Å². The van der Waals surface area contributed by atoms with Crippen molar-refractivity contribution in [3.8, 4) is 0 Å². The number of fused-ring (bicyclic) bond motifs is 1. The van der Waals surface area contributed by atoms with Crippen molar-refractivity contribution in [3.05, 3.63) is 23.8 Å². The fraction of sp³-hybridized carbons (Fsp3) is 0.750. The van der Waals surface area contributed by atoms with Gasteiger partial charge in [-0.05, 0) is 58.3 Å². The maximum Gasteiger partial charge on any atom is 0.334 e. The highest BCUT2D eigenvalue weighted by Gasteiger charge is 2.53. The number of rotatable bonds is 0. The Kier molecular flexibility index (Phi) is 4.89. The van der Waals surface area contributed by atoms with Gasteiger partial charge >= 0.3 is 5.97 Å². The summed E-state index contributed by atoms with van der Waals surface area (Å²) in [6.07, 6.45) is 6.86. The van der Waals surface area contributed by atoms with Crippen molar-refractivity contribution < 1.29 is 19.4 Å². The molecule has 4 nitrogen and oxygen atoms in total. The Balaban J connectivity index is 1.89. The first-order valence-corrected chi connectivity index (χ1v) is 9.23. The molecule has 0 unspecified atom stereocenters. The van der Waals surface area contributed by atoms with Crippen LogP contribution in [0.5, 0.6) is 0 Å². The second kappa shape index (κ2) is 6.64. The van der Waals surface area contributed by atoms with E-state index in [1.165, 1.54) is 5.57 Å². The summed E-state index contributed by atoms with van der Waals surface area (Å²) in [5.74, 6) is -0.0811. The number of hydrogen-bond donors (Lipinski definition) is 1. The average Bonchev–Trinajstić information content (AvgIpc) is 2.96. The molecule has 134 valence electrons. The molecule has 6 atom stereocenters. The van der Waals surface area contributed by atoms with E-state index < -0.39 is 5.60 Å². The van der Waals surface area contributed by atoms with Crippen molar-refractivity contribution in [3.63, 3.8) is 0 Å². The molecular weight excluding hydrogens is 304 g/mol. The molecule has 2 fully saturated rings. The minimum Gasteiger partial charge on any atom is -0.456 e. The van der Waals surface area contributed by atoms with E-state index in [0.717, 1.165) is 25.7 Å². The van der Waals surface area contributed by atoms with E-state index in [2.05, 4.69) is 26.5 Å². The number of allylic oxidation sites excluding steroid dienone is 2. The lowest BCUT2D eigenvalue weighted by atomic mass is 9.79. The predicted molar refractivity (Wildman–Crippen MR) is 92.4 cm³/mol. The molecule has 24 heavy (non-hydrogen) atoms. The Bertz CT molecular complexity index is 548. The lowest BCUT2D eigenvalue weighted by Gasteiger charge is -2.37. The molecule has 3 heterocycles. The molecular formula is C20H30O4. The Hall–Kier alpha value is -1.13. The molecule has 0 aromatic carbocycles. The third-order valence-corrected chi connectivity index (χ3v) is 6.09. The number of esters is 1. The number of aliphatic hydroxyl groups is 1. The normalized spacial score (nSPS) is 46.2. The van der Waals surface area contributed by atoms with Crippen LogP contribution in [0.1, 0.15) is 59.3 Å². The van der Waals surface area contributed by atoms with Crippen molar-refractivity contribution in [2.45, 2.75) is 83.2 Å². The maximum absolute atomic E-state index is 12.2. The van der Waals surface area contributed by atoms with E-state index in [9.17, 15) is 9.90 Å². The topological polar surface area (TPSA) is 55.8 Å². The predicted octanol–water partition coefficient (Wildman–Crippen LogP) is 3.54. The van der Waals surface area contributed by atoms with Crippen LogP contribution < -0.4 is 0 Å². The van der Waals surface area contributed by atoms with Gasteiger partial charge in [0.2, 0.25) is 0 Å². The quantitative estimate of drug-likeness (QED) is 0.418. The number of hydrogen-bond acceptors (Lipinski definition) is 4. The zero-order valence-corrected chi connectivity index (χ0v) is 15.1. The molecule has 3 aliphatic heterocycles. The molecule has 0 aliphatic carbocycles. The van der Waals surface area contributed by atoms with Crippen LogP contribution in [0.2, 0.25) is 0 Å². The lowest BCUT2D eigenvalue weighted by molar-refractivity contribution is -0.174. The summed E-state index contributed by atoms with van der Waals surface area (Å²) < 4.78 is 11.9. The summed E-state index contributed by atoms with van der Waals surface area (Å²) in [7, 11) is 0. The number of carbonyl (C=O) groups is 1. The Morgan fingerprint density at radius 1 is 1.38 bits per heavy atom. The van der Waals surface area contributed by atoms with Gasteiger partial charge in [0, 0.05) is 11.5 Å². The molecule has 2 saturated heterocycles. The van der Waals surface area contributed by atoms with Crippen molar-refractivity contribution in [1.82, 2.24) is 0 Å². The van der Waals surface area contributed by atoms with Gasteiger partial charge in [-0.1, -0.05) is 25.2 Å². The zero-order valence-electron chi connectivity index (χ0n) is 15.1. The van der Waals surface area contributed by atoms with Crippen LogP contribution in [0.4, 0.5) is 0 Å². The molecule has 0 spiro atoms. The fourth-order valence-electron chi connectivity index (χ4n) is 4.35. The van der Waals surface area contributed by atoms with Gasteiger partial charge in [-0.15, -0.1) is 0 Å². The lowest BCUT2D eigenvalue weighted by Crippen LogP contribution is -2.47. The van der Waals surface area contributed by atoms with Gasteiger partial charge in [0.25, 0.3) is 0 Å². The third-order valence-electron chi connectivity index (χ3n) is 6.09. The highest BCUT2D eigenvalue weighted by Crippen LogP contribution is 2.45. The van der Waals surface area contributed by atoms with Crippen molar-refractivity contribution in [2.75, 3.05) is 0 Å². The Morgan fingerprint density at radius 3 is 2.88 bits per heavy atom. The van der Waals surface area contributed by atoms with Crippen LogP contribution in [0, 0.1) is 11.8 Å². The summed E-state index contributed by atoms with van der Waals surface area (Å²) in [5.41, 5.74) is 0.971. The van der Waals surface area contributed by atoms with Crippen LogP contribution in [0.25, 0.3) is 0 Å². The summed E-state index contributed by atoms with van der Waals surface area (Å²) in [6, 6.07) is 0. The molecule has 0 aromatic rings. The van der Waals surface area contributed by atoms with Gasteiger partial charge in [-0.2, -0.15) is 0 Å². The standard InChI is InChI=1S/C20H30O4/c1-12-7-5-9-13(2)17-18-15(14(3)19(21)24-17)11-16(23-18)20(4,22)10-6-8-12/h8,13,15-18,22H,3,5-7,9-11H2,1-2,4H3/b12-8+/t13-,15+,16+,17+,18-,20-/m1/s1. The zero-order chi connectivity index (χ0) is 17.5. The van der Waals surface area contributed by atoms with Gasteiger partial charge in [-0.3, -0.25) is 0 Å². The molecule has 0 amide bonds. The van der Waals surface area contributed by atoms with Crippen molar-refractivity contribution in [1.29, 1.82) is 0 Å². The summed E-state index contributed by atoms with van der Waals surface area (Å²) >= 11 is 0. The Morgan fingerprint density at radius 2 is 2.12 bits per heavy atom. The van der Waals surface area contributed by atoms with Gasteiger partial charge in [0.15, 0.2) is 0 Å². The first-order valence-electron chi connectivity index (χ1n) is 9.23. The van der Waals surface area contributed by atoms with Crippen LogP contribution >= 0.6 is 0 Å². The second-order valence-corrected chi connectivity index (χ2v) is 8.14.